The van der Waals surface area contributed by atoms with Crippen LogP contribution in [0.15, 0.2) is 24.3 Å². The third-order valence-corrected chi connectivity index (χ3v) is 4.35. The van der Waals surface area contributed by atoms with Gasteiger partial charge in [-0.05, 0) is 50.4 Å². The Morgan fingerprint density at radius 2 is 2.05 bits per heavy atom. The first-order chi connectivity index (χ1) is 10.1. The van der Waals surface area contributed by atoms with Crippen molar-refractivity contribution < 1.29 is 9.84 Å². The minimum absolute atomic E-state index is 0.325. The van der Waals surface area contributed by atoms with Crippen molar-refractivity contribution in [3.05, 3.63) is 29.8 Å². The summed E-state index contributed by atoms with van der Waals surface area (Å²) in [6.45, 7) is 5.77. The van der Waals surface area contributed by atoms with Gasteiger partial charge in [0.1, 0.15) is 12.4 Å². The Morgan fingerprint density at radius 1 is 1.29 bits per heavy atom. The lowest BCUT2D eigenvalue weighted by molar-refractivity contribution is -0.0339. The Morgan fingerprint density at radius 3 is 2.76 bits per heavy atom. The Hall–Kier alpha value is -1.06. The molecule has 0 spiro atoms. The van der Waals surface area contributed by atoms with Gasteiger partial charge in [0.15, 0.2) is 0 Å². The quantitative estimate of drug-likeness (QED) is 0.802. The zero-order chi connectivity index (χ0) is 15.1. The third-order valence-electron chi connectivity index (χ3n) is 4.35. The number of hydrogen-bond acceptors (Lipinski definition) is 3. The topological polar surface area (TPSA) is 41.5 Å². The molecule has 0 heterocycles. The molecule has 21 heavy (non-hydrogen) atoms. The summed E-state index contributed by atoms with van der Waals surface area (Å²) in [5, 5.41) is 14.0. The van der Waals surface area contributed by atoms with Crippen LogP contribution in [0, 0.1) is 0 Å². The second-order valence-corrected chi connectivity index (χ2v) is 6.32. The average Bonchev–Trinajstić information content (AvgIpc) is 2.52. The number of benzene rings is 1. The molecule has 0 bridgehead atoms. The van der Waals surface area contributed by atoms with Gasteiger partial charge in [0.2, 0.25) is 0 Å². The van der Waals surface area contributed by atoms with Crippen molar-refractivity contribution >= 4 is 0 Å². The number of aliphatic hydroxyl groups is 1. The molecular formula is C18H29NO2. The van der Waals surface area contributed by atoms with Crippen LogP contribution in [0.3, 0.4) is 0 Å². The van der Waals surface area contributed by atoms with E-state index in [0.29, 0.717) is 12.6 Å². The SMILES string of the molecule is CCCNC(C)c1cccc(OCC2(O)CCCCC2)c1. The van der Waals surface area contributed by atoms with Crippen molar-refractivity contribution in [3.8, 4) is 5.75 Å². The van der Waals surface area contributed by atoms with Gasteiger partial charge in [0, 0.05) is 6.04 Å². The van der Waals surface area contributed by atoms with Gasteiger partial charge >= 0.3 is 0 Å². The van der Waals surface area contributed by atoms with Gasteiger partial charge in [0.05, 0.1) is 5.60 Å². The summed E-state index contributed by atoms with van der Waals surface area (Å²) in [4.78, 5) is 0. The van der Waals surface area contributed by atoms with E-state index in [0.717, 1.165) is 44.4 Å². The van der Waals surface area contributed by atoms with Crippen molar-refractivity contribution in [2.75, 3.05) is 13.2 Å². The highest BCUT2D eigenvalue weighted by atomic mass is 16.5. The molecule has 118 valence electrons. The van der Waals surface area contributed by atoms with E-state index in [-0.39, 0.29) is 0 Å². The van der Waals surface area contributed by atoms with E-state index in [4.69, 9.17) is 4.74 Å². The van der Waals surface area contributed by atoms with Crippen LogP contribution >= 0.6 is 0 Å². The second kappa shape index (κ2) is 7.81. The summed E-state index contributed by atoms with van der Waals surface area (Å²) < 4.78 is 5.87. The molecule has 0 aromatic heterocycles. The number of nitrogens with one attached hydrogen (secondary N) is 1. The Kier molecular flexibility index (Phi) is 6.07. The lowest BCUT2D eigenvalue weighted by Gasteiger charge is -2.31. The van der Waals surface area contributed by atoms with Crippen molar-refractivity contribution in [1.29, 1.82) is 0 Å². The standard InChI is InChI=1S/C18H29NO2/c1-3-12-19-15(2)16-8-7-9-17(13-16)21-14-18(20)10-5-4-6-11-18/h7-9,13,15,19-20H,3-6,10-12,14H2,1-2H3. The molecule has 1 aromatic rings. The molecule has 1 aliphatic rings. The fourth-order valence-electron chi connectivity index (χ4n) is 2.92. The molecule has 1 fully saturated rings. The summed E-state index contributed by atoms with van der Waals surface area (Å²) in [6, 6.07) is 8.53. The molecule has 2 N–H and O–H groups in total. The maximum atomic E-state index is 10.5. The van der Waals surface area contributed by atoms with E-state index in [1.807, 2.05) is 12.1 Å². The van der Waals surface area contributed by atoms with Crippen LogP contribution in [0.4, 0.5) is 0 Å². The van der Waals surface area contributed by atoms with Crippen molar-refractivity contribution in [1.82, 2.24) is 5.32 Å². The lowest BCUT2D eigenvalue weighted by Crippen LogP contribution is -2.37. The van der Waals surface area contributed by atoms with E-state index in [2.05, 4.69) is 31.3 Å². The van der Waals surface area contributed by atoms with Crippen LogP contribution in [0.5, 0.6) is 5.75 Å². The highest BCUT2D eigenvalue weighted by molar-refractivity contribution is 5.30. The average molecular weight is 291 g/mol. The zero-order valence-corrected chi connectivity index (χ0v) is 13.4. The van der Waals surface area contributed by atoms with Gasteiger partial charge in [-0.15, -0.1) is 0 Å². The summed E-state index contributed by atoms with van der Waals surface area (Å²) in [5.41, 5.74) is 0.608. The van der Waals surface area contributed by atoms with Crippen LogP contribution in [0.1, 0.15) is 64.0 Å². The van der Waals surface area contributed by atoms with Crippen LogP contribution in [-0.2, 0) is 0 Å². The van der Waals surface area contributed by atoms with Gasteiger partial charge in [0.25, 0.3) is 0 Å². The fraction of sp³-hybridized carbons (Fsp3) is 0.667. The molecule has 0 aliphatic heterocycles. The lowest BCUT2D eigenvalue weighted by atomic mass is 9.85. The minimum Gasteiger partial charge on any atom is -0.491 e. The van der Waals surface area contributed by atoms with Crippen LogP contribution in [0.25, 0.3) is 0 Å². The Balaban J connectivity index is 1.91. The monoisotopic (exact) mass is 291 g/mol. The molecule has 1 atom stereocenters. The van der Waals surface area contributed by atoms with E-state index in [9.17, 15) is 5.11 Å². The molecule has 1 aromatic carbocycles. The number of hydrogen-bond donors (Lipinski definition) is 2. The second-order valence-electron chi connectivity index (χ2n) is 6.32. The highest BCUT2D eigenvalue weighted by Crippen LogP contribution is 2.29. The normalized spacial score (nSPS) is 19.2. The van der Waals surface area contributed by atoms with Gasteiger partial charge in [-0.1, -0.05) is 38.3 Å². The predicted molar refractivity (Wildman–Crippen MR) is 86.7 cm³/mol. The molecule has 3 heteroatoms. The summed E-state index contributed by atoms with van der Waals surface area (Å²) >= 11 is 0. The highest BCUT2D eigenvalue weighted by Gasteiger charge is 2.29. The molecule has 1 unspecified atom stereocenters. The zero-order valence-electron chi connectivity index (χ0n) is 13.4. The first-order valence-corrected chi connectivity index (χ1v) is 8.31. The minimum atomic E-state index is -0.625. The van der Waals surface area contributed by atoms with E-state index in [1.165, 1.54) is 12.0 Å². The molecule has 1 aliphatic carbocycles. The van der Waals surface area contributed by atoms with Crippen molar-refractivity contribution in [2.24, 2.45) is 0 Å². The molecule has 0 amide bonds. The smallest absolute Gasteiger partial charge is 0.119 e. The molecular weight excluding hydrogens is 262 g/mol. The molecule has 2 rings (SSSR count). The van der Waals surface area contributed by atoms with E-state index in [1.54, 1.807) is 0 Å². The van der Waals surface area contributed by atoms with Crippen LogP contribution in [-0.4, -0.2) is 23.9 Å². The Labute approximate surface area is 128 Å². The Bertz CT molecular complexity index is 427. The maximum absolute atomic E-state index is 10.5. The fourth-order valence-corrected chi connectivity index (χ4v) is 2.92. The summed E-state index contributed by atoms with van der Waals surface area (Å²) in [5.74, 6) is 0.858. The molecule has 3 nitrogen and oxygen atoms in total. The van der Waals surface area contributed by atoms with Crippen LogP contribution in [0.2, 0.25) is 0 Å². The van der Waals surface area contributed by atoms with Crippen molar-refractivity contribution in [3.63, 3.8) is 0 Å². The van der Waals surface area contributed by atoms with E-state index >= 15 is 0 Å². The summed E-state index contributed by atoms with van der Waals surface area (Å²) in [7, 11) is 0. The van der Waals surface area contributed by atoms with Gasteiger partial charge in [-0.2, -0.15) is 0 Å². The number of ether oxygens (including phenoxy) is 1. The molecule has 0 radical (unpaired) electrons. The van der Waals surface area contributed by atoms with Gasteiger partial charge in [-0.3, -0.25) is 0 Å². The first kappa shape index (κ1) is 16.3. The molecule has 1 saturated carbocycles. The van der Waals surface area contributed by atoms with Gasteiger partial charge in [-0.25, -0.2) is 0 Å². The first-order valence-electron chi connectivity index (χ1n) is 8.31. The molecule has 0 saturated heterocycles. The largest absolute Gasteiger partial charge is 0.491 e. The summed E-state index contributed by atoms with van der Waals surface area (Å²) in [6.07, 6.45) is 6.31. The van der Waals surface area contributed by atoms with Crippen molar-refractivity contribution in [2.45, 2.75) is 64.0 Å². The van der Waals surface area contributed by atoms with Gasteiger partial charge < -0.3 is 15.2 Å². The van der Waals surface area contributed by atoms with E-state index < -0.39 is 5.60 Å². The number of rotatable bonds is 7. The maximum Gasteiger partial charge on any atom is 0.119 e. The predicted octanol–water partition coefficient (Wildman–Crippen LogP) is 3.82. The third kappa shape index (κ3) is 5.01. The van der Waals surface area contributed by atoms with Crippen LogP contribution < -0.4 is 10.1 Å².